The van der Waals surface area contributed by atoms with Gasteiger partial charge in [0.1, 0.15) is 24.0 Å². The van der Waals surface area contributed by atoms with Gasteiger partial charge in [0.05, 0.1) is 8.04 Å². The molecule has 3 aromatic carbocycles. The number of nitrogens with zero attached hydrogens (tertiary/aromatic N) is 1. The minimum atomic E-state index is -0.460. The first-order valence-electron chi connectivity index (χ1n) is 8.81. The van der Waals surface area contributed by atoms with Crippen molar-refractivity contribution in [2.75, 3.05) is 5.32 Å². The predicted molar refractivity (Wildman–Crippen MR) is 131 cm³/mol. The zero-order chi connectivity index (χ0) is 21.5. The number of ether oxygens (including phenoxy) is 1. The van der Waals surface area contributed by atoms with E-state index in [2.05, 4.69) is 43.8 Å². The molecule has 0 aromatic heterocycles. The monoisotopic (exact) mass is 592 g/mol. The fourth-order valence-corrected chi connectivity index (χ4v) is 4.47. The minimum absolute atomic E-state index is 0.0105. The fourth-order valence-electron chi connectivity index (χ4n) is 2.57. The fraction of sp³-hybridized carbons (Fsp3) is 0.0435. The molecule has 0 spiro atoms. The minimum Gasteiger partial charge on any atom is -0.487 e. The number of carbonyl (C=O) groups excluding carboxylic acids is 1. The van der Waals surface area contributed by atoms with Crippen LogP contribution in [0.25, 0.3) is 6.08 Å². The van der Waals surface area contributed by atoms with Gasteiger partial charge < -0.3 is 10.1 Å². The lowest BCUT2D eigenvalue weighted by Crippen LogP contribution is -2.13. The number of para-hydroxylation sites is 1. The van der Waals surface area contributed by atoms with E-state index in [9.17, 15) is 10.1 Å². The van der Waals surface area contributed by atoms with Gasteiger partial charge in [-0.2, -0.15) is 5.26 Å². The van der Waals surface area contributed by atoms with Crippen molar-refractivity contribution < 1.29 is 9.53 Å². The number of nitrogens with one attached hydrogen (secondary N) is 1. The molecule has 0 fully saturated rings. The number of amides is 1. The molecular weight excluding hydrogens is 579 g/mol. The molecule has 0 heterocycles. The Labute approximate surface area is 201 Å². The van der Waals surface area contributed by atoms with Gasteiger partial charge in [-0.15, -0.1) is 0 Å². The molecule has 3 aromatic rings. The van der Waals surface area contributed by atoms with Gasteiger partial charge in [-0.3, -0.25) is 4.79 Å². The summed E-state index contributed by atoms with van der Waals surface area (Å²) in [5.41, 5.74) is 2.35. The molecule has 150 valence electrons. The van der Waals surface area contributed by atoms with Gasteiger partial charge in [0.15, 0.2) is 0 Å². The van der Waals surface area contributed by atoms with E-state index in [1.165, 1.54) is 0 Å². The molecule has 4 nitrogen and oxygen atoms in total. The summed E-state index contributed by atoms with van der Waals surface area (Å²) in [6, 6.07) is 22.1. The van der Waals surface area contributed by atoms with E-state index in [0.717, 1.165) is 13.6 Å². The van der Waals surface area contributed by atoms with Crippen LogP contribution >= 0.6 is 50.1 Å². The van der Waals surface area contributed by atoms with Crippen molar-refractivity contribution in [3.63, 3.8) is 0 Å². The largest absolute Gasteiger partial charge is 0.487 e. The summed E-state index contributed by atoms with van der Waals surface area (Å²) >= 11 is 11.6. The maximum atomic E-state index is 12.4. The summed E-state index contributed by atoms with van der Waals surface area (Å²) in [6.45, 7) is 0.393. The Balaban J connectivity index is 1.76. The summed E-state index contributed by atoms with van der Waals surface area (Å²) in [7, 11) is 0. The first-order chi connectivity index (χ1) is 14.5. The van der Waals surface area contributed by atoms with Crippen LogP contribution in [0, 0.1) is 14.9 Å². The molecule has 0 aliphatic rings. The molecule has 0 saturated carbocycles. The van der Waals surface area contributed by atoms with Crippen LogP contribution in [-0.2, 0) is 11.4 Å². The Kier molecular flexibility index (Phi) is 7.91. The van der Waals surface area contributed by atoms with Gasteiger partial charge in [0.25, 0.3) is 5.91 Å². The van der Waals surface area contributed by atoms with E-state index >= 15 is 0 Å². The zero-order valence-corrected chi connectivity index (χ0v) is 20.0. The van der Waals surface area contributed by atoms with Crippen molar-refractivity contribution >= 4 is 67.8 Å². The second kappa shape index (κ2) is 10.6. The molecule has 0 unspecified atom stereocenters. The Morgan fingerprint density at radius 1 is 1.17 bits per heavy atom. The molecule has 1 N–H and O–H groups in total. The van der Waals surface area contributed by atoms with E-state index in [4.69, 9.17) is 16.3 Å². The number of hydrogen-bond donors (Lipinski definition) is 1. The van der Waals surface area contributed by atoms with Crippen LogP contribution in [0.2, 0.25) is 5.02 Å². The highest BCUT2D eigenvalue weighted by Gasteiger charge is 2.13. The average Bonchev–Trinajstić information content (AvgIpc) is 2.73. The standard InChI is InChI=1S/C23H15BrClIN2O2/c24-20-11-16(10-17(13-27)23(29)28-19-4-2-1-3-5-19)12-21(26)22(20)30-14-15-6-8-18(25)9-7-15/h1-12H,14H2,(H,28,29)/b17-10-. The second-order valence-corrected chi connectivity index (χ2v) is 8.67. The van der Waals surface area contributed by atoms with E-state index in [1.54, 1.807) is 18.2 Å². The van der Waals surface area contributed by atoms with E-state index in [1.807, 2.05) is 60.7 Å². The molecular formula is C23H15BrClIN2O2. The van der Waals surface area contributed by atoms with Gasteiger partial charge in [0.2, 0.25) is 0 Å². The van der Waals surface area contributed by atoms with Crippen molar-refractivity contribution in [2.45, 2.75) is 6.61 Å². The number of carbonyl (C=O) groups is 1. The lowest BCUT2D eigenvalue weighted by molar-refractivity contribution is -0.112. The van der Waals surface area contributed by atoms with Crippen LogP contribution in [-0.4, -0.2) is 5.91 Å². The molecule has 0 bridgehead atoms. The van der Waals surface area contributed by atoms with Crippen LogP contribution in [0.15, 0.2) is 76.8 Å². The summed E-state index contributed by atoms with van der Waals surface area (Å²) in [6.07, 6.45) is 1.55. The van der Waals surface area contributed by atoms with Crippen molar-refractivity contribution in [3.8, 4) is 11.8 Å². The average molecular weight is 594 g/mol. The van der Waals surface area contributed by atoms with Gasteiger partial charge >= 0.3 is 0 Å². The van der Waals surface area contributed by atoms with Gasteiger partial charge in [-0.1, -0.05) is 41.9 Å². The summed E-state index contributed by atoms with van der Waals surface area (Å²) < 4.78 is 7.53. The number of benzene rings is 3. The van der Waals surface area contributed by atoms with Gasteiger partial charge in [0, 0.05) is 10.7 Å². The van der Waals surface area contributed by atoms with E-state index in [-0.39, 0.29) is 5.57 Å². The predicted octanol–water partition coefficient (Wildman–Crippen LogP) is 6.83. The number of hydrogen-bond acceptors (Lipinski definition) is 3. The molecule has 0 aliphatic heterocycles. The second-order valence-electron chi connectivity index (χ2n) is 6.22. The molecule has 1 amide bonds. The first-order valence-corrected chi connectivity index (χ1v) is 11.1. The number of halogens is 3. The molecule has 30 heavy (non-hydrogen) atoms. The molecule has 0 saturated heterocycles. The van der Waals surface area contributed by atoms with Crippen molar-refractivity contribution in [1.82, 2.24) is 0 Å². The third-order valence-corrected chi connectivity index (χ3v) is 5.67. The lowest BCUT2D eigenvalue weighted by atomic mass is 10.1. The van der Waals surface area contributed by atoms with Gasteiger partial charge in [-0.05, 0) is 92.1 Å². The van der Waals surface area contributed by atoms with E-state index in [0.29, 0.717) is 28.6 Å². The lowest BCUT2D eigenvalue weighted by Gasteiger charge is -2.12. The van der Waals surface area contributed by atoms with E-state index < -0.39 is 5.91 Å². The quantitative estimate of drug-likeness (QED) is 0.194. The van der Waals surface area contributed by atoms with Crippen molar-refractivity contribution in [3.05, 3.63) is 96.5 Å². The summed E-state index contributed by atoms with van der Waals surface area (Å²) in [5, 5.41) is 12.8. The molecule has 0 radical (unpaired) electrons. The smallest absolute Gasteiger partial charge is 0.266 e. The Hall–Kier alpha value is -2.34. The maximum Gasteiger partial charge on any atom is 0.266 e. The SMILES string of the molecule is N#C/C(=C/c1cc(Br)c(OCc2ccc(Cl)cc2)c(I)c1)C(=O)Nc1ccccc1. The molecule has 0 atom stereocenters. The highest BCUT2D eigenvalue weighted by molar-refractivity contribution is 14.1. The van der Waals surface area contributed by atoms with Crippen molar-refractivity contribution in [2.24, 2.45) is 0 Å². The third-order valence-electron chi connectivity index (χ3n) is 4.02. The highest BCUT2D eigenvalue weighted by atomic mass is 127. The molecule has 7 heteroatoms. The third kappa shape index (κ3) is 6.08. The summed E-state index contributed by atoms with van der Waals surface area (Å²) in [5.74, 6) is 0.229. The zero-order valence-electron chi connectivity index (χ0n) is 15.5. The highest BCUT2D eigenvalue weighted by Crippen LogP contribution is 2.33. The molecule has 3 rings (SSSR count). The number of anilines is 1. The molecule has 0 aliphatic carbocycles. The van der Waals surface area contributed by atoms with Crippen molar-refractivity contribution in [1.29, 1.82) is 5.26 Å². The normalized spacial score (nSPS) is 10.9. The van der Waals surface area contributed by atoms with Crippen LogP contribution in [0.4, 0.5) is 5.69 Å². The van der Waals surface area contributed by atoms with Crippen LogP contribution in [0.5, 0.6) is 5.75 Å². The Morgan fingerprint density at radius 2 is 1.87 bits per heavy atom. The number of rotatable bonds is 6. The van der Waals surface area contributed by atoms with Gasteiger partial charge in [-0.25, -0.2) is 0 Å². The number of nitriles is 1. The Bertz CT molecular complexity index is 1100. The van der Waals surface area contributed by atoms with Crippen LogP contribution in [0.1, 0.15) is 11.1 Å². The Morgan fingerprint density at radius 3 is 2.50 bits per heavy atom. The van der Waals surface area contributed by atoms with Crippen LogP contribution < -0.4 is 10.1 Å². The topological polar surface area (TPSA) is 62.1 Å². The maximum absolute atomic E-state index is 12.4. The first kappa shape index (κ1) is 22.3. The summed E-state index contributed by atoms with van der Waals surface area (Å²) in [4.78, 5) is 12.4. The van der Waals surface area contributed by atoms with Crippen LogP contribution in [0.3, 0.4) is 0 Å².